The zero-order valence-electron chi connectivity index (χ0n) is 10.2. The largest absolute Gasteiger partial charge is 0.396 e. The van der Waals surface area contributed by atoms with Crippen molar-refractivity contribution >= 4 is 0 Å². The summed E-state index contributed by atoms with van der Waals surface area (Å²) in [6.07, 6.45) is 3.36. The van der Waals surface area contributed by atoms with Gasteiger partial charge in [-0.3, -0.25) is 0 Å². The van der Waals surface area contributed by atoms with Crippen molar-refractivity contribution in [3.05, 3.63) is 0 Å². The molecule has 14 heavy (non-hydrogen) atoms. The molecule has 0 aliphatic carbocycles. The Bertz CT molecular complexity index is 121. The topological polar surface area (TPSA) is 32.3 Å². The lowest BCUT2D eigenvalue weighted by Crippen LogP contribution is -2.37. The molecule has 0 saturated heterocycles. The lowest BCUT2D eigenvalue weighted by Gasteiger charge is -2.24. The van der Waals surface area contributed by atoms with Gasteiger partial charge in [-0.2, -0.15) is 0 Å². The highest BCUT2D eigenvalue weighted by molar-refractivity contribution is 4.71. The summed E-state index contributed by atoms with van der Waals surface area (Å²) in [6.45, 7) is 10.3. The van der Waals surface area contributed by atoms with Gasteiger partial charge >= 0.3 is 0 Å². The summed E-state index contributed by atoms with van der Waals surface area (Å²) in [4.78, 5) is 0. The van der Waals surface area contributed by atoms with Gasteiger partial charge in [0.2, 0.25) is 0 Å². The first-order chi connectivity index (χ1) is 6.65. The van der Waals surface area contributed by atoms with Crippen LogP contribution in [0, 0.1) is 11.8 Å². The Morgan fingerprint density at radius 1 is 1.14 bits per heavy atom. The second kappa shape index (κ2) is 8.25. The quantitative estimate of drug-likeness (QED) is 0.632. The fourth-order valence-corrected chi connectivity index (χ4v) is 1.71. The average Bonchev–Trinajstić information content (AvgIpc) is 2.17. The number of rotatable bonds is 8. The second-order valence-corrected chi connectivity index (χ2v) is 4.45. The lowest BCUT2D eigenvalue weighted by molar-refractivity contribution is 0.238. The van der Waals surface area contributed by atoms with E-state index in [0.717, 1.165) is 18.9 Å². The van der Waals surface area contributed by atoms with Crippen LogP contribution in [0.15, 0.2) is 0 Å². The van der Waals surface area contributed by atoms with E-state index in [1.165, 1.54) is 12.8 Å². The number of hydrogen-bond donors (Lipinski definition) is 2. The van der Waals surface area contributed by atoms with Crippen molar-refractivity contribution in [2.45, 2.75) is 53.0 Å². The highest BCUT2D eigenvalue weighted by Crippen LogP contribution is 2.09. The van der Waals surface area contributed by atoms with E-state index in [9.17, 15) is 0 Å². The molecule has 0 saturated carbocycles. The van der Waals surface area contributed by atoms with Gasteiger partial charge < -0.3 is 10.4 Å². The summed E-state index contributed by atoms with van der Waals surface area (Å²) in [5.41, 5.74) is 0. The van der Waals surface area contributed by atoms with Gasteiger partial charge in [0.1, 0.15) is 0 Å². The molecule has 0 bridgehead atoms. The maximum atomic E-state index is 8.93. The third kappa shape index (κ3) is 5.61. The van der Waals surface area contributed by atoms with Crippen molar-refractivity contribution in [1.29, 1.82) is 0 Å². The predicted molar refractivity (Wildman–Crippen MR) is 62.4 cm³/mol. The highest BCUT2D eigenvalue weighted by atomic mass is 16.3. The maximum Gasteiger partial charge on any atom is 0.0445 e. The maximum absolute atomic E-state index is 8.93. The van der Waals surface area contributed by atoms with Crippen LogP contribution in [0.2, 0.25) is 0 Å². The standard InChI is InChI=1S/C12H27NO/c1-5-11(6-2)9-13-12(7-8-14)10(3)4/h10-14H,5-9H2,1-4H3. The fourth-order valence-electron chi connectivity index (χ4n) is 1.71. The van der Waals surface area contributed by atoms with Gasteiger partial charge in [-0.1, -0.05) is 40.5 Å². The molecule has 0 rings (SSSR count). The van der Waals surface area contributed by atoms with Crippen LogP contribution < -0.4 is 5.32 Å². The molecule has 2 nitrogen and oxygen atoms in total. The van der Waals surface area contributed by atoms with E-state index in [1.54, 1.807) is 0 Å². The van der Waals surface area contributed by atoms with Gasteiger partial charge in [-0.15, -0.1) is 0 Å². The molecule has 0 aliphatic rings. The first kappa shape index (κ1) is 13.9. The Morgan fingerprint density at radius 2 is 1.71 bits per heavy atom. The Labute approximate surface area is 89.1 Å². The number of nitrogens with one attached hydrogen (secondary N) is 1. The Kier molecular flexibility index (Phi) is 8.20. The minimum Gasteiger partial charge on any atom is -0.396 e. The van der Waals surface area contributed by atoms with Gasteiger partial charge in [0.05, 0.1) is 0 Å². The Balaban J connectivity index is 3.79. The van der Waals surface area contributed by atoms with Crippen LogP contribution in [0.1, 0.15) is 47.0 Å². The van der Waals surface area contributed by atoms with E-state index in [0.29, 0.717) is 18.6 Å². The molecule has 0 aliphatic heterocycles. The van der Waals surface area contributed by atoms with Crippen LogP contribution >= 0.6 is 0 Å². The summed E-state index contributed by atoms with van der Waals surface area (Å²) in [6, 6.07) is 0.473. The summed E-state index contributed by atoms with van der Waals surface area (Å²) in [7, 11) is 0. The van der Waals surface area contributed by atoms with Crippen molar-refractivity contribution in [2.75, 3.05) is 13.2 Å². The summed E-state index contributed by atoms with van der Waals surface area (Å²) in [5, 5.41) is 12.5. The number of aliphatic hydroxyl groups is 1. The Morgan fingerprint density at radius 3 is 2.07 bits per heavy atom. The van der Waals surface area contributed by atoms with Gasteiger partial charge in [-0.25, -0.2) is 0 Å². The molecule has 0 radical (unpaired) electrons. The van der Waals surface area contributed by atoms with Gasteiger partial charge in [0.25, 0.3) is 0 Å². The molecule has 2 N–H and O–H groups in total. The molecule has 0 spiro atoms. The molecule has 0 aromatic rings. The number of aliphatic hydroxyl groups excluding tert-OH is 1. The van der Waals surface area contributed by atoms with Crippen LogP contribution in [-0.2, 0) is 0 Å². The van der Waals surface area contributed by atoms with E-state index >= 15 is 0 Å². The monoisotopic (exact) mass is 201 g/mol. The Hall–Kier alpha value is -0.0800. The molecule has 0 aromatic heterocycles. The van der Waals surface area contributed by atoms with Gasteiger partial charge in [0.15, 0.2) is 0 Å². The second-order valence-electron chi connectivity index (χ2n) is 4.45. The molecule has 1 unspecified atom stereocenters. The summed E-state index contributed by atoms with van der Waals surface area (Å²) < 4.78 is 0. The van der Waals surface area contributed by atoms with E-state index in [2.05, 4.69) is 33.0 Å². The van der Waals surface area contributed by atoms with E-state index in [4.69, 9.17) is 5.11 Å². The molecular weight excluding hydrogens is 174 g/mol. The fraction of sp³-hybridized carbons (Fsp3) is 1.00. The molecule has 0 heterocycles. The van der Waals surface area contributed by atoms with Crippen molar-refractivity contribution in [2.24, 2.45) is 11.8 Å². The molecular formula is C12H27NO. The van der Waals surface area contributed by atoms with Crippen molar-refractivity contribution < 1.29 is 5.11 Å². The highest BCUT2D eigenvalue weighted by Gasteiger charge is 2.13. The molecule has 0 aromatic carbocycles. The van der Waals surface area contributed by atoms with Crippen LogP contribution in [0.4, 0.5) is 0 Å². The first-order valence-electron chi connectivity index (χ1n) is 5.99. The zero-order valence-corrected chi connectivity index (χ0v) is 10.2. The van der Waals surface area contributed by atoms with Crippen LogP contribution in [0.5, 0.6) is 0 Å². The van der Waals surface area contributed by atoms with Crippen LogP contribution in [0.3, 0.4) is 0 Å². The minimum atomic E-state index is 0.290. The van der Waals surface area contributed by atoms with Gasteiger partial charge in [0, 0.05) is 12.6 Å². The third-order valence-corrected chi connectivity index (χ3v) is 3.07. The summed E-state index contributed by atoms with van der Waals surface area (Å²) in [5.74, 6) is 1.39. The smallest absolute Gasteiger partial charge is 0.0445 e. The third-order valence-electron chi connectivity index (χ3n) is 3.07. The molecule has 0 amide bonds. The normalized spacial score (nSPS) is 13.9. The van der Waals surface area contributed by atoms with Gasteiger partial charge in [-0.05, 0) is 24.8 Å². The molecule has 1 atom stereocenters. The molecule has 2 heteroatoms. The molecule has 86 valence electrons. The van der Waals surface area contributed by atoms with Crippen molar-refractivity contribution in [3.8, 4) is 0 Å². The molecule has 0 fully saturated rings. The summed E-state index contributed by atoms with van der Waals surface area (Å²) >= 11 is 0. The first-order valence-corrected chi connectivity index (χ1v) is 5.99. The zero-order chi connectivity index (χ0) is 11.0. The van der Waals surface area contributed by atoms with Crippen molar-refractivity contribution in [1.82, 2.24) is 5.32 Å². The minimum absolute atomic E-state index is 0.290. The van der Waals surface area contributed by atoms with E-state index in [1.807, 2.05) is 0 Å². The lowest BCUT2D eigenvalue weighted by atomic mass is 9.98. The van der Waals surface area contributed by atoms with Crippen molar-refractivity contribution in [3.63, 3.8) is 0 Å². The SMILES string of the molecule is CCC(CC)CNC(CCO)C(C)C. The van der Waals surface area contributed by atoms with Crippen LogP contribution in [0.25, 0.3) is 0 Å². The number of hydrogen-bond acceptors (Lipinski definition) is 2. The predicted octanol–water partition coefficient (Wildman–Crippen LogP) is 2.42. The van der Waals surface area contributed by atoms with Crippen LogP contribution in [-0.4, -0.2) is 24.3 Å². The van der Waals surface area contributed by atoms with E-state index < -0.39 is 0 Å². The average molecular weight is 201 g/mol. The van der Waals surface area contributed by atoms with E-state index in [-0.39, 0.29) is 0 Å².